The molecule has 2 aromatic rings. The van der Waals surface area contributed by atoms with Crippen molar-refractivity contribution in [1.82, 2.24) is 10.2 Å². The third kappa shape index (κ3) is 5.00. The molecule has 1 aliphatic rings. The molecule has 0 bridgehead atoms. The van der Waals surface area contributed by atoms with Crippen LogP contribution in [0.4, 0.5) is 5.69 Å². The van der Waals surface area contributed by atoms with Gasteiger partial charge in [0.2, 0.25) is 0 Å². The Morgan fingerprint density at radius 2 is 1.78 bits per heavy atom. The lowest BCUT2D eigenvalue weighted by atomic mass is 10.0. The fraction of sp³-hybridized carbons (Fsp3) is 0.316. The monoisotopic (exact) mass is 407 g/mol. The fourth-order valence-electron chi connectivity index (χ4n) is 2.96. The maximum atomic E-state index is 12.4. The number of hydrogen-bond acceptors (Lipinski definition) is 4. The molecule has 144 valence electrons. The number of piperidine rings is 1. The average molecular weight is 408 g/mol. The Hall–Kier alpha value is -2.09. The summed E-state index contributed by atoms with van der Waals surface area (Å²) >= 11 is 6.22. The van der Waals surface area contributed by atoms with E-state index in [9.17, 15) is 13.2 Å². The zero-order valence-electron chi connectivity index (χ0n) is 15.0. The number of hydrogen-bond donors (Lipinski definition) is 2. The highest BCUT2D eigenvalue weighted by Gasteiger charge is 2.20. The van der Waals surface area contributed by atoms with Crippen molar-refractivity contribution in [2.24, 2.45) is 0 Å². The van der Waals surface area contributed by atoms with Crippen molar-refractivity contribution in [1.29, 1.82) is 0 Å². The van der Waals surface area contributed by atoms with Gasteiger partial charge >= 0.3 is 0 Å². The maximum Gasteiger partial charge on any atom is 0.261 e. The van der Waals surface area contributed by atoms with E-state index >= 15 is 0 Å². The molecule has 2 N–H and O–H groups in total. The number of nitrogens with zero attached hydrogens (tertiary/aromatic N) is 1. The number of carbonyl (C=O) groups excluding carboxylic acids is 1. The van der Waals surface area contributed by atoms with Crippen molar-refractivity contribution < 1.29 is 13.2 Å². The number of carbonyl (C=O) groups is 1. The molecule has 27 heavy (non-hydrogen) atoms. The maximum absolute atomic E-state index is 12.4. The molecule has 1 fully saturated rings. The highest BCUT2D eigenvalue weighted by atomic mass is 35.5. The van der Waals surface area contributed by atoms with Gasteiger partial charge in [0.15, 0.2) is 0 Å². The third-order valence-corrected chi connectivity index (χ3v) is 6.28. The van der Waals surface area contributed by atoms with Crippen LogP contribution in [0.2, 0.25) is 5.02 Å². The van der Waals surface area contributed by atoms with Crippen molar-refractivity contribution in [2.75, 3.05) is 24.9 Å². The summed E-state index contributed by atoms with van der Waals surface area (Å²) < 4.78 is 27.3. The van der Waals surface area contributed by atoms with Crippen LogP contribution >= 0.6 is 11.6 Å². The van der Waals surface area contributed by atoms with Gasteiger partial charge in [-0.2, -0.15) is 0 Å². The third-order valence-electron chi connectivity index (χ3n) is 4.58. The van der Waals surface area contributed by atoms with Gasteiger partial charge in [-0.15, -0.1) is 0 Å². The van der Waals surface area contributed by atoms with Gasteiger partial charge in [-0.1, -0.05) is 29.8 Å². The van der Waals surface area contributed by atoms with Crippen molar-refractivity contribution in [3.63, 3.8) is 0 Å². The number of nitrogens with one attached hydrogen (secondary N) is 2. The summed E-state index contributed by atoms with van der Waals surface area (Å²) in [7, 11) is -1.67. The number of amides is 1. The predicted octanol–water partition coefficient (Wildman–Crippen LogP) is 2.96. The molecule has 6 nitrogen and oxygen atoms in total. The standard InChI is InChI=1S/C19H22ClN3O3S/c1-23-11-9-15(10-12-23)21-19(24)14-7-8-18(17(20)13-14)22-27(25,26)16-5-3-2-4-6-16/h2-8,13,15,22H,9-12H2,1H3,(H,21,24). The van der Waals surface area contributed by atoms with Gasteiger partial charge in [0.1, 0.15) is 0 Å². The Morgan fingerprint density at radius 3 is 2.41 bits per heavy atom. The quantitative estimate of drug-likeness (QED) is 0.798. The summed E-state index contributed by atoms with van der Waals surface area (Å²) in [5, 5.41) is 3.19. The van der Waals surface area contributed by atoms with Crippen molar-refractivity contribution in [3.8, 4) is 0 Å². The Labute approximate surface area is 164 Å². The van der Waals surface area contributed by atoms with Crippen LogP contribution in [0.5, 0.6) is 0 Å². The number of benzene rings is 2. The summed E-state index contributed by atoms with van der Waals surface area (Å²) in [5.41, 5.74) is 0.637. The second-order valence-corrected chi connectivity index (χ2v) is 8.75. The van der Waals surface area contributed by atoms with E-state index in [0.717, 1.165) is 25.9 Å². The zero-order chi connectivity index (χ0) is 19.4. The normalized spacial score (nSPS) is 16.1. The molecule has 1 heterocycles. The molecule has 0 aromatic heterocycles. The minimum Gasteiger partial charge on any atom is -0.349 e. The van der Waals surface area contributed by atoms with Crippen LogP contribution in [0.1, 0.15) is 23.2 Å². The molecule has 0 saturated carbocycles. The molecule has 1 aliphatic heterocycles. The molecule has 0 radical (unpaired) electrons. The van der Waals surface area contributed by atoms with Gasteiger partial charge in [-0.3, -0.25) is 9.52 Å². The topological polar surface area (TPSA) is 78.5 Å². The van der Waals surface area contributed by atoms with Crippen molar-refractivity contribution >= 4 is 33.2 Å². The number of halogens is 1. The van der Waals surface area contributed by atoms with E-state index in [1.165, 1.54) is 24.3 Å². The van der Waals surface area contributed by atoms with Crippen LogP contribution in [0, 0.1) is 0 Å². The molecule has 0 unspecified atom stereocenters. The smallest absolute Gasteiger partial charge is 0.261 e. The minimum absolute atomic E-state index is 0.142. The van der Waals surface area contributed by atoms with E-state index in [-0.39, 0.29) is 27.6 Å². The highest BCUT2D eigenvalue weighted by molar-refractivity contribution is 7.92. The van der Waals surface area contributed by atoms with Crippen LogP contribution in [0.25, 0.3) is 0 Å². The van der Waals surface area contributed by atoms with Crippen molar-refractivity contribution in [3.05, 3.63) is 59.1 Å². The van der Waals surface area contributed by atoms with E-state index in [1.54, 1.807) is 24.3 Å². The second-order valence-electron chi connectivity index (χ2n) is 6.66. The zero-order valence-corrected chi connectivity index (χ0v) is 16.6. The molecule has 0 aliphatic carbocycles. The van der Waals surface area contributed by atoms with Gasteiger partial charge in [0.05, 0.1) is 15.6 Å². The van der Waals surface area contributed by atoms with Crippen LogP contribution < -0.4 is 10.0 Å². The Balaban J connectivity index is 1.69. The van der Waals surface area contributed by atoms with E-state index in [2.05, 4.69) is 22.0 Å². The van der Waals surface area contributed by atoms with Crippen LogP contribution in [0.15, 0.2) is 53.4 Å². The first-order valence-electron chi connectivity index (χ1n) is 8.72. The molecule has 0 atom stereocenters. The van der Waals surface area contributed by atoms with Crippen molar-refractivity contribution in [2.45, 2.75) is 23.8 Å². The second kappa shape index (κ2) is 8.29. The molecule has 2 aromatic carbocycles. The lowest BCUT2D eigenvalue weighted by Crippen LogP contribution is -2.43. The predicted molar refractivity (Wildman–Crippen MR) is 107 cm³/mol. The van der Waals surface area contributed by atoms with E-state index in [1.807, 2.05) is 0 Å². The fourth-order valence-corrected chi connectivity index (χ4v) is 4.35. The number of anilines is 1. The van der Waals surface area contributed by atoms with Gasteiger partial charge in [0, 0.05) is 11.6 Å². The first-order chi connectivity index (χ1) is 12.8. The minimum atomic E-state index is -3.74. The number of sulfonamides is 1. The Morgan fingerprint density at radius 1 is 1.11 bits per heavy atom. The van der Waals surface area contributed by atoms with Gasteiger partial charge < -0.3 is 10.2 Å². The Bertz CT molecular complexity index is 911. The van der Waals surface area contributed by atoms with Gasteiger partial charge in [-0.05, 0) is 63.3 Å². The number of rotatable bonds is 5. The van der Waals surface area contributed by atoms with Gasteiger partial charge in [-0.25, -0.2) is 8.42 Å². The molecular weight excluding hydrogens is 386 g/mol. The molecule has 1 amide bonds. The molecule has 3 rings (SSSR count). The summed E-state index contributed by atoms with van der Waals surface area (Å²) in [6, 6.07) is 12.7. The van der Waals surface area contributed by atoms with E-state index in [4.69, 9.17) is 11.6 Å². The lowest BCUT2D eigenvalue weighted by molar-refractivity contribution is 0.0917. The summed E-state index contributed by atoms with van der Waals surface area (Å²) in [4.78, 5) is 14.8. The van der Waals surface area contributed by atoms with E-state index < -0.39 is 10.0 Å². The first kappa shape index (κ1) is 19.7. The first-order valence-corrected chi connectivity index (χ1v) is 10.6. The highest BCUT2D eigenvalue weighted by Crippen LogP contribution is 2.26. The summed E-state index contributed by atoms with van der Waals surface area (Å²) in [6.07, 6.45) is 1.82. The van der Waals surface area contributed by atoms with Crippen LogP contribution in [-0.4, -0.2) is 45.4 Å². The van der Waals surface area contributed by atoms with Crippen LogP contribution in [0.3, 0.4) is 0 Å². The van der Waals surface area contributed by atoms with Gasteiger partial charge in [0.25, 0.3) is 15.9 Å². The summed E-state index contributed by atoms with van der Waals surface area (Å²) in [5.74, 6) is -0.205. The molecule has 0 spiro atoms. The summed E-state index contributed by atoms with van der Waals surface area (Å²) in [6.45, 7) is 1.90. The van der Waals surface area contributed by atoms with Crippen LogP contribution in [-0.2, 0) is 10.0 Å². The molecule has 8 heteroatoms. The SMILES string of the molecule is CN1CCC(NC(=O)c2ccc(NS(=O)(=O)c3ccccc3)c(Cl)c2)CC1. The largest absolute Gasteiger partial charge is 0.349 e. The lowest BCUT2D eigenvalue weighted by Gasteiger charge is -2.29. The molecular formula is C19H22ClN3O3S. The average Bonchev–Trinajstić information content (AvgIpc) is 2.66. The number of likely N-dealkylation sites (tertiary alicyclic amines) is 1. The molecule has 1 saturated heterocycles. The van der Waals surface area contributed by atoms with E-state index in [0.29, 0.717) is 5.56 Å². The Kier molecular flexibility index (Phi) is 6.04.